The van der Waals surface area contributed by atoms with Crippen LogP contribution in [-0.2, 0) is 6.18 Å². The Bertz CT molecular complexity index is 460. The summed E-state index contributed by atoms with van der Waals surface area (Å²) < 4.78 is 42.3. The van der Waals surface area contributed by atoms with Crippen molar-refractivity contribution >= 4 is 5.69 Å². The summed E-state index contributed by atoms with van der Waals surface area (Å²) in [6.45, 7) is 1.48. The van der Waals surface area contributed by atoms with Crippen LogP contribution in [0.5, 0.6) is 5.75 Å². The predicted molar refractivity (Wildman–Crippen MR) is 59.9 cm³/mol. The van der Waals surface area contributed by atoms with Gasteiger partial charge in [-0.1, -0.05) is 0 Å². The van der Waals surface area contributed by atoms with Crippen LogP contribution >= 0.6 is 0 Å². The first-order valence-electron chi connectivity index (χ1n) is 5.38. The zero-order chi connectivity index (χ0) is 14.6. The number of alkyl halides is 3. The molecule has 0 saturated heterocycles. The molecule has 0 spiro atoms. The molecule has 8 heteroatoms. The number of benzene rings is 1. The van der Waals surface area contributed by atoms with Crippen LogP contribution in [0.2, 0.25) is 0 Å². The molecule has 0 aliphatic carbocycles. The van der Waals surface area contributed by atoms with Gasteiger partial charge in [-0.25, -0.2) is 0 Å². The molecule has 1 unspecified atom stereocenters. The van der Waals surface area contributed by atoms with Crippen molar-refractivity contribution in [3.63, 3.8) is 0 Å². The number of nitro groups is 1. The van der Waals surface area contributed by atoms with Crippen molar-refractivity contribution in [1.82, 2.24) is 0 Å². The van der Waals surface area contributed by atoms with Gasteiger partial charge in [-0.05, 0) is 19.1 Å². The summed E-state index contributed by atoms with van der Waals surface area (Å²) in [5.41, 5.74) is -1.86. The molecular weight excluding hydrogens is 267 g/mol. The summed E-state index contributed by atoms with van der Waals surface area (Å²) in [7, 11) is 0. The van der Waals surface area contributed by atoms with Crippen LogP contribution in [0.4, 0.5) is 18.9 Å². The first-order valence-corrected chi connectivity index (χ1v) is 5.38. The van der Waals surface area contributed by atoms with Crippen LogP contribution in [0.3, 0.4) is 0 Å². The molecule has 0 aliphatic heterocycles. The number of ether oxygens (including phenoxy) is 1. The Kier molecular flexibility index (Phi) is 4.71. The number of aliphatic hydroxyl groups is 1. The lowest BCUT2D eigenvalue weighted by Gasteiger charge is -2.10. The van der Waals surface area contributed by atoms with Crippen LogP contribution in [0, 0.1) is 10.1 Å². The lowest BCUT2D eigenvalue weighted by atomic mass is 10.2. The second-order valence-corrected chi connectivity index (χ2v) is 3.92. The van der Waals surface area contributed by atoms with Crippen molar-refractivity contribution in [2.24, 2.45) is 0 Å². The van der Waals surface area contributed by atoms with Crippen molar-refractivity contribution < 1.29 is 27.9 Å². The third-order valence-corrected chi connectivity index (χ3v) is 2.28. The molecule has 106 valence electrons. The highest BCUT2D eigenvalue weighted by atomic mass is 19.4. The summed E-state index contributed by atoms with van der Waals surface area (Å²) in [5.74, 6) is -0.251. The van der Waals surface area contributed by atoms with Gasteiger partial charge in [-0.3, -0.25) is 10.1 Å². The molecule has 0 bridgehead atoms. The van der Waals surface area contributed by atoms with Gasteiger partial charge in [0.05, 0.1) is 23.2 Å². The Morgan fingerprint density at radius 3 is 2.58 bits per heavy atom. The number of nitrogens with zero attached hydrogens (tertiary/aromatic N) is 1. The number of aliphatic hydroxyl groups excluding tert-OH is 1. The summed E-state index contributed by atoms with van der Waals surface area (Å²) in [5, 5.41) is 19.7. The molecule has 0 aromatic heterocycles. The molecule has 19 heavy (non-hydrogen) atoms. The fraction of sp³-hybridized carbons (Fsp3) is 0.455. The average molecular weight is 279 g/mol. The van der Waals surface area contributed by atoms with E-state index < -0.39 is 28.5 Å². The molecule has 1 atom stereocenters. The van der Waals surface area contributed by atoms with E-state index in [1.165, 1.54) is 6.92 Å². The van der Waals surface area contributed by atoms with Crippen molar-refractivity contribution in [2.45, 2.75) is 25.6 Å². The minimum atomic E-state index is -4.65. The van der Waals surface area contributed by atoms with E-state index in [1.54, 1.807) is 0 Å². The smallest absolute Gasteiger partial charge is 0.416 e. The molecule has 0 fully saturated rings. The Hall–Kier alpha value is -1.83. The molecule has 1 aromatic carbocycles. The molecule has 1 rings (SSSR count). The fourth-order valence-corrected chi connectivity index (χ4v) is 1.30. The quantitative estimate of drug-likeness (QED) is 0.664. The molecule has 1 aromatic rings. The van der Waals surface area contributed by atoms with Crippen molar-refractivity contribution in [3.05, 3.63) is 33.9 Å². The number of hydrogen-bond acceptors (Lipinski definition) is 4. The maximum Gasteiger partial charge on any atom is 0.416 e. The topological polar surface area (TPSA) is 72.6 Å². The van der Waals surface area contributed by atoms with Crippen molar-refractivity contribution in [1.29, 1.82) is 0 Å². The Balaban J connectivity index is 2.96. The third kappa shape index (κ3) is 4.40. The van der Waals surface area contributed by atoms with E-state index in [9.17, 15) is 23.3 Å². The van der Waals surface area contributed by atoms with Gasteiger partial charge in [0.1, 0.15) is 0 Å². The second kappa shape index (κ2) is 5.87. The monoisotopic (exact) mass is 279 g/mol. The standard InChI is InChI=1S/C11H12F3NO4/c1-7(16)4-5-19-10-3-2-8(11(12,13)14)6-9(10)15(17)18/h2-3,6-7,16H,4-5H2,1H3. The Morgan fingerprint density at radius 2 is 2.11 bits per heavy atom. The molecule has 0 heterocycles. The maximum absolute atomic E-state index is 12.4. The maximum atomic E-state index is 12.4. The molecule has 1 N–H and O–H groups in total. The van der Waals surface area contributed by atoms with Gasteiger partial charge < -0.3 is 9.84 Å². The zero-order valence-corrected chi connectivity index (χ0v) is 9.98. The van der Waals surface area contributed by atoms with Gasteiger partial charge in [0.2, 0.25) is 0 Å². The summed E-state index contributed by atoms with van der Waals surface area (Å²) in [6, 6.07) is 2.05. The Morgan fingerprint density at radius 1 is 1.47 bits per heavy atom. The summed E-state index contributed by atoms with van der Waals surface area (Å²) in [4.78, 5) is 9.77. The third-order valence-electron chi connectivity index (χ3n) is 2.28. The number of hydrogen-bond donors (Lipinski definition) is 1. The van der Waals surface area contributed by atoms with E-state index in [0.717, 1.165) is 6.07 Å². The van der Waals surface area contributed by atoms with E-state index in [4.69, 9.17) is 9.84 Å². The molecule has 0 saturated carbocycles. The highest BCUT2D eigenvalue weighted by Crippen LogP contribution is 2.36. The molecule has 0 aliphatic rings. The molecule has 0 amide bonds. The fourth-order valence-electron chi connectivity index (χ4n) is 1.30. The number of halogens is 3. The molecule has 5 nitrogen and oxygen atoms in total. The van der Waals surface area contributed by atoms with Crippen molar-refractivity contribution in [2.75, 3.05) is 6.61 Å². The van der Waals surface area contributed by atoms with Crippen LogP contribution in [0.15, 0.2) is 18.2 Å². The largest absolute Gasteiger partial charge is 0.487 e. The van der Waals surface area contributed by atoms with Gasteiger partial charge in [-0.2, -0.15) is 13.2 Å². The van der Waals surface area contributed by atoms with E-state index >= 15 is 0 Å². The van der Waals surface area contributed by atoms with E-state index in [-0.39, 0.29) is 18.8 Å². The second-order valence-electron chi connectivity index (χ2n) is 3.92. The minimum absolute atomic E-state index is 0.0239. The van der Waals surface area contributed by atoms with E-state index in [2.05, 4.69) is 0 Å². The predicted octanol–water partition coefficient (Wildman–Crippen LogP) is 2.76. The Labute approximate surface area is 106 Å². The van der Waals surface area contributed by atoms with Crippen molar-refractivity contribution in [3.8, 4) is 5.75 Å². The van der Waals surface area contributed by atoms with Crippen LogP contribution < -0.4 is 4.74 Å². The average Bonchev–Trinajstić information content (AvgIpc) is 2.27. The van der Waals surface area contributed by atoms with Gasteiger partial charge in [-0.15, -0.1) is 0 Å². The normalized spacial score (nSPS) is 13.1. The van der Waals surface area contributed by atoms with Crippen LogP contribution in [-0.4, -0.2) is 22.7 Å². The number of nitro benzene ring substituents is 1. The van der Waals surface area contributed by atoms with E-state index in [0.29, 0.717) is 12.1 Å². The highest BCUT2D eigenvalue weighted by Gasteiger charge is 2.33. The van der Waals surface area contributed by atoms with Gasteiger partial charge in [0.15, 0.2) is 5.75 Å². The van der Waals surface area contributed by atoms with Gasteiger partial charge in [0, 0.05) is 12.5 Å². The minimum Gasteiger partial charge on any atom is -0.487 e. The lowest BCUT2D eigenvalue weighted by Crippen LogP contribution is -2.10. The number of rotatable bonds is 5. The highest BCUT2D eigenvalue weighted by molar-refractivity contribution is 5.49. The lowest BCUT2D eigenvalue weighted by molar-refractivity contribution is -0.386. The van der Waals surface area contributed by atoms with Crippen LogP contribution in [0.25, 0.3) is 0 Å². The van der Waals surface area contributed by atoms with E-state index in [1.807, 2.05) is 0 Å². The van der Waals surface area contributed by atoms with Crippen LogP contribution in [0.1, 0.15) is 18.9 Å². The molecular formula is C11H12F3NO4. The van der Waals surface area contributed by atoms with Gasteiger partial charge in [0.25, 0.3) is 0 Å². The SMILES string of the molecule is CC(O)CCOc1ccc(C(F)(F)F)cc1[N+](=O)[O-]. The first-order chi connectivity index (χ1) is 8.71. The zero-order valence-electron chi connectivity index (χ0n) is 9.98. The molecule has 0 radical (unpaired) electrons. The van der Waals surface area contributed by atoms with Gasteiger partial charge >= 0.3 is 11.9 Å². The summed E-state index contributed by atoms with van der Waals surface area (Å²) >= 11 is 0. The first kappa shape index (κ1) is 15.2. The summed E-state index contributed by atoms with van der Waals surface area (Å²) in [6.07, 6.45) is -5.09.